The second-order valence-corrected chi connectivity index (χ2v) is 8.99. The zero-order chi connectivity index (χ0) is 26.5. The maximum atomic E-state index is 13.1. The summed E-state index contributed by atoms with van der Waals surface area (Å²) in [4.78, 5) is 25.5. The Bertz CT molecular complexity index is 1610. The topological polar surface area (TPSA) is 65.7 Å². The number of benzene rings is 4. The van der Waals surface area contributed by atoms with Crippen molar-refractivity contribution < 1.29 is 23.5 Å². The van der Waals surface area contributed by atoms with Gasteiger partial charge in [-0.25, -0.2) is 4.79 Å². The van der Waals surface area contributed by atoms with Gasteiger partial charge in [-0.1, -0.05) is 78.4 Å². The average molecular weight is 503 g/mol. The van der Waals surface area contributed by atoms with Crippen LogP contribution in [0.15, 0.2) is 108 Å². The van der Waals surface area contributed by atoms with Crippen molar-refractivity contribution in [3.8, 4) is 11.5 Å². The first-order valence-electron chi connectivity index (χ1n) is 12.3. The van der Waals surface area contributed by atoms with E-state index in [-0.39, 0.29) is 5.78 Å². The molecule has 5 rings (SSSR count). The van der Waals surface area contributed by atoms with Crippen LogP contribution in [0.3, 0.4) is 0 Å². The quantitative estimate of drug-likeness (QED) is 0.0939. The second kappa shape index (κ2) is 11.0. The van der Waals surface area contributed by atoms with Crippen LogP contribution in [0.4, 0.5) is 0 Å². The Labute approximate surface area is 220 Å². The van der Waals surface area contributed by atoms with E-state index >= 15 is 0 Å². The summed E-state index contributed by atoms with van der Waals surface area (Å²) < 4.78 is 17.4. The highest BCUT2D eigenvalue weighted by Gasteiger charge is 2.21. The fourth-order valence-electron chi connectivity index (χ4n) is 4.07. The third kappa shape index (κ3) is 5.73. The lowest BCUT2D eigenvalue weighted by molar-refractivity contribution is 0.0734. The van der Waals surface area contributed by atoms with E-state index in [4.69, 9.17) is 13.9 Å². The average Bonchev–Trinajstić information content (AvgIpc) is 3.27. The zero-order valence-corrected chi connectivity index (χ0v) is 21.1. The van der Waals surface area contributed by atoms with Crippen molar-refractivity contribution in [3.63, 3.8) is 0 Å². The number of fused-ring (bicyclic) bond motifs is 1. The van der Waals surface area contributed by atoms with Crippen molar-refractivity contribution in [2.24, 2.45) is 0 Å². The van der Waals surface area contributed by atoms with Gasteiger partial charge in [0.15, 0.2) is 5.78 Å². The Morgan fingerprint density at radius 2 is 1.53 bits per heavy atom. The molecule has 0 N–H and O–H groups in total. The highest BCUT2D eigenvalue weighted by molar-refractivity contribution is 6.07. The molecule has 0 fully saturated rings. The Hall–Kier alpha value is -4.90. The van der Waals surface area contributed by atoms with Crippen LogP contribution in [-0.2, 0) is 6.61 Å². The van der Waals surface area contributed by atoms with Crippen molar-refractivity contribution in [3.05, 3.63) is 137 Å². The van der Waals surface area contributed by atoms with E-state index < -0.39 is 5.97 Å². The van der Waals surface area contributed by atoms with Crippen LogP contribution in [-0.4, -0.2) is 11.8 Å². The van der Waals surface area contributed by atoms with Gasteiger partial charge in [-0.05, 0) is 61.4 Å². The standard InChI is InChI=1S/C33H26O5/c1-22-8-13-26(14-9-22)30(34)18-12-24-10-15-27(16-11-24)38-33(35)32-23(2)37-31-19-17-28(20-29(31)32)36-21-25-6-4-3-5-7-25/h3-20H,21H2,1-2H3. The molecule has 0 bridgehead atoms. The molecule has 0 aliphatic heterocycles. The predicted octanol–water partition coefficient (Wildman–Crippen LogP) is 7.74. The summed E-state index contributed by atoms with van der Waals surface area (Å²) in [6.07, 6.45) is 3.27. The van der Waals surface area contributed by atoms with E-state index in [9.17, 15) is 9.59 Å². The van der Waals surface area contributed by atoms with E-state index in [2.05, 4.69) is 0 Å². The lowest BCUT2D eigenvalue weighted by Gasteiger charge is -2.07. The summed E-state index contributed by atoms with van der Waals surface area (Å²) in [6.45, 7) is 4.13. The number of hydrogen-bond acceptors (Lipinski definition) is 5. The minimum Gasteiger partial charge on any atom is -0.489 e. The van der Waals surface area contributed by atoms with Crippen LogP contribution in [0.1, 0.15) is 43.2 Å². The summed E-state index contributed by atoms with van der Waals surface area (Å²) in [7, 11) is 0. The van der Waals surface area contributed by atoms with Crippen molar-refractivity contribution in [1.82, 2.24) is 0 Å². The van der Waals surface area contributed by atoms with E-state index in [0.717, 1.165) is 16.7 Å². The summed E-state index contributed by atoms with van der Waals surface area (Å²) in [6, 6.07) is 29.7. The Kier molecular flexibility index (Phi) is 7.18. The lowest BCUT2D eigenvalue weighted by atomic mass is 10.1. The molecule has 1 heterocycles. The van der Waals surface area contributed by atoms with Crippen molar-refractivity contribution in [2.75, 3.05) is 0 Å². The van der Waals surface area contributed by atoms with Crippen LogP contribution in [0, 0.1) is 13.8 Å². The summed E-state index contributed by atoms with van der Waals surface area (Å²) in [5.41, 5.74) is 4.54. The normalized spacial score (nSPS) is 11.1. The van der Waals surface area contributed by atoms with Crippen molar-refractivity contribution >= 4 is 28.8 Å². The molecule has 0 unspecified atom stereocenters. The third-order valence-corrected chi connectivity index (χ3v) is 6.14. The van der Waals surface area contributed by atoms with Gasteiger partial charge in [-0.15, -0.1) is 0 Å². The van der Waals surface area contributed by atoms with Crippen LogP contribution in [0.2, 0.25) is 0 Å². The minimum absolute atomic E-state index is 0.0741. The maximum Gasteiger partial charge on any atom is 0.347 e. The molecule has 38 heavy (non-hydrogen) atoms. The van der Waals surface area contributed by atoms with Gasteiger partial charge in [-0.3, -0.25) is 4.79 Å². The molecule has 0 saturated carbocycles. The van der Waals surface area contributed by atoms with Gasteiger partial charge in [0.25, 0.3) is 0 Å². The number of allylic oxidation sites excluding steroid dienone is 1. The SMILES string of the molecule is Cc1ccc(C(=O)C=Cc2ccc(OC(=O)c3c(C)oc4ccc(OCc5ccccc5)cc34)cc2)cc1. The number of ketones is 1. The summed E-state index contributed by atoms with van der Waals surface area (Å²) in [5, 5.41) is 0.632. The molecule has 0 amide bonds. The number of esters is 1. The van der Waals surface area contributed by atoms with E-state index in [1.807, 2.05) is 67.6 Å². The highest BCUT2D eigenvalue weighted by Crippen LogP contribution is 2.30. The van der Waals surface area contributed by atoms with Gasteiger partial charge in [-0.2, -0.15) is 0 Å². The number of aryl methyl sites for hydroxylation is 2. The van der Waals surface area contributed by atoms with Crippen molar-refractivity contribution in [1.29, 1.82) is 0 Å². The van der Waals surface area contributed by atoms with E-state index in [0.29, 0.717) is 46.0 Å². The first-order chi connectivity index (χ1) is 18.5. The summed E-state index contributed by atoms with van der Waals surface area (Å²) >= 11 is 0. The fraction of sp³-hybridized carbons (Fsp3) is 0.0909. The molecule has 0 radical (unpaired) electrons. The smallest absolute Gasteiger partial charge is 0.347 e. The number of hydrogen-bond donors (Lipinski definition) is 0. The molecule has 5 aromatic rings. The molecule has 0 atom stereocenters. The van der Waals surface area contributed by atoms with E-state index in [1.165, 1.54) is 6.08 Å². The van der Waals surface area contributed by atoms with Gasteiger partial charge in [0.1, 0.15) is 35.0 Å². The molecular formula is C33H26O5. The van der Waals surface area contributed by atoms with Gasteiger partial charge in [0.2, 0.25) is 0 Å². The molecule has 0 aliphatic rings. The molecule has 0 aliphatic carbocycles. The fourth-order valence-corrected chi connectivity index (χ4v) is 4.07. The molecule has 188 valence electrons. The van der Waals surface area contributed by atoms with E-state index in [1.54, 1.807) is 49.4 Å². The molecule has 0 spiro atoms. The first kappa shape index (κ1) is 24.8. The molecule has 4 aromatic carbocycles. The molecular weight excluding hydrogens is 476 g/mol. The molecule has 1 aromatic heterocycles. The first-order valence-corrected chi connectivity index (χ1v) is 12.3. The molecule has 0 saturated heterocycles. The number of carbonyl (C=O) groups is 2. The zero-order valence-electron chi connectivity index (χ0n) is 21.1. The van der Waals surface area contributed by atoms with Gasteiger partial charge in [0.05, 0.1) is 0 Å². The second-order valence-electron chi connectivity index (χ2n) is 8.99. The Balaban J connectivity index is 1.27. The monoisotopic (exact) mass is 502 g/mol. The van der Waals surface area contributed by atoms with Gasteiger partial charge >= 0.3 is 5.97 Å². The van der Waals surface area contributed by atoms with Gasteiger partial charge < -0.3 is 13.9 Å². The van der Waals surface area contributed by atoms with Crippen LogP contribution < -0.4 is 9.47 Å². The number of rotatable bonds is 8. The molecule has 5 heteroatoms. The lowest BCUT2D eigenvalue weighted by Crippen LogP contribution is -2.09. The largest absolute Gasteiger partial charge is 0.489 e. The number of furan rings is 1. The molecule has 5 nitrogen and oxygen atoms in total. The number of carbonyl (C=O) groups excluding carboxylic acids is 2. The highest BCUT2D eigenvalue weighted by atomic mass is 16.5. The summed E-state index contributed by atoms with van der Waals surface area (Å²) in [5.74, 6) is 0.906. The Morgan fingerprint density at radius 3 is 2.26 bits per heavy atom. The minimum atomic E-state index is -0.515. The van der Waals surface area contributed by atoms with Crippen LogP contribution >= 0.6 is 0 Å². The predicted molar refractivity (Wildman–Crippen MR) is 148 cm³/mol. The maximum absolute atomic E-state index is 13.1. The van der Waals surface area contributed by atoms with Crippen LogP contribution in [0.25, 0.3) is 17.0 Å². The van der Waals surface area contributed by atoms with Gasteiger partial charge in [0, 0.05) is 10.9 Å². The Morgan fingerprint density at radius 1 is 0.816 bits per heavy atom. The number of ether oxygens (including phenoxy) is 2. The van der Waals surface area contributed by atoms with Crippen LogP contribution in [0.5, 0.6) is 11.5 Å². The van der Waals surface area contributed by atoms with Crippen molar-refractivity contribution in [2.45, 2.75) is 20.5 Å². The third-order valence-electron chi connectivity index (χ3n) is 6.14.